The molecule has 0 bridgehead atoms. The summed E-state index contributed by atoms with van der Waals surface area (Å²) in [5.74, 6) is 1.58. The molecule has 0 aliphatic rings. The van der Waals surface area contributed by atoms with E-state index in [1.54, 1.807) is 0 Å². The van der Waals surface area contributed by atoms with Crippen LogP contribution in [-0.4, -0.2) is 10.1 Å². The fourth-order valence-electron chi connectivity index (χ4n) is 2.60. The molecule has 4 aromatic rings. The van der Waals surface area contributed by atoms with Crippen molar-refractivity contribution in [2.45, 2.75) is 13.8 Å². The molecule has 114 valence electrons. The lowest BCUT2D eigenvalue weighted by atomic mass is 10.1. The topological polar surface area (TPSA) is 52.1 Å². The minimum Gasteiger partial charge on any atom is -0.452 e. The summed E-state index contributed by atoms with van der Waals surface area (Å²) in [7, 11) is 0. The van der Waals surface area contributed by atoms with Crippen LogP contribution in [-0.2, 0) is 0 Å². The summed E-state index contributed by atoms with van der Waals surface area (Å²) in [5.41, 5.74) is 3.90. The summed E-state index contributed by atoms with van der Waals surface area (Å²) >= 11 is 3.44. The lowest BCUT2D eigenvalue weighted by Crippen LogP contribution is -1.81. The van der Waals surface area contributed by atoms with Crippen LogP contribution in [0.1, 0.15) is 11.1 Å². The third-order valence-corrected chi connectivity index (χ3v) is 4.29. The molecule has 0 aliphatic carbocycles. The molecule has 2 heterocycles. The number of rotatable bonds is 2. The number of halogens is 1. The fourth-order valence-corrected chi connectivity index (χ4v) is 3.00. The molecule has 23 heavy (non-hydrogen) atoms. The molecule has 0 spiro atoms. The molecule has 0 unspecified atom stereocenters. The summed E-state index contributed by atoms with van der Waals surface area (Å²) in [6.45, 7) is 4.07. The number of hydrogen-bond donors (Lipinski definition) is 0. The first-order valence-corrected chi connectivity index (χ1v) is 8.01. The summed E-state index contributed by atoms with van der Waals surface area (Å²) in [6, 6.07) is 13.8. The summed E-state index contributed by atoms with van der Waals surface area (Å²) in [4.78, 5) is 4.48. The summed E-state index contributed by atoms with van der Waals surface area (Å²) < 4.78 is 12.3. The average molecular weight is 369 g/mol. The molecule has 0 fully saturated rings. The zero-order valence-corrected chi connectivity index (χ0v) is 14.2. The highest BCUT2D eigenvalue weighted by molar-refractivity contribution is 9.10. The van der Waals surface area contributed by atoms with E-state index in [0.29, 0.717) is 17.5 Å². The molecule has 0 radical (unpaired) electrons. The largest absolute Gasteiger partial charge is 0.452 e. The molecule has 0 N–H and O–H groups in total. The van der Waals surface area contributed by atoms with Crippen LogP contribution in [0, 0.1) is 13.8 Å². The summed E-state index contributed by atoms with van der Waals surface area (Å²) in [6.07, 6.45) is 0. The van der Waals surface area contributed by atoms with Gasteiger partial charge in [0, 0.05) is 21.0 Å². The molecule has 2 aromatic carbocycles. The molecule has 0 amide bonds. The van der Waals surface area contributed by atoms with E-state index >= 15 is 0 Å². The molecule has 0 saturated carbocycles. The van der Waals surface area contributed by atoms with E-state index < -0.39 is 0 Å². The standard InChI is InChI=1S/C18H13BrN2O2/c1-10-6-7-15-14(8-10)11(2)16(22-15)17-20-18(23-21-17)12-4-3-5-13(19)9-12/h3-9H,1-2H3. The molecular weight excluding hydrogens is 356 g/mol. The van der Waals surface area contributed by atoms with Gasteiger partial charge in [-0.2, -0.15) is 4.98 Å². The summed E-state index contributed by atoms with van der Waals surface area (Å²) in [5, 5.41) is 5.15. The van der Waals surface area contributed by atoms with Gasteiger partial charge in [-0.3, -0.25) is 0 Å². The normalized spacial score (nSPS) is 11.3. The monoisotopic (exact) mass is 368 g/mol. The van der Waals surface area contributed by atoms with Crippen molar-refractivity contribution in [3.05, 3.63) is 58.1 Å². The van der Waals surface area contributed by atoms with Crippen molar-refractivity contribution in [2.75, 3.05) is 0 Å². The number of aryl methyl sites for hydroxylation is 2. The van der Waals surface area contributed by atoms with Crippen molar-refractivity contribution in [1.82, 2.24) is 10.1 Å². The Balaban J connectivity index is 1.82. The Bertz CT molecular complexity index is 1020. The predicted molar refractivity (Wildman–Crippen MR) is 92.1 cm³/mol. The highest BCUT2D eigenvalue weighted by Crippen LogP contribution is 2.33. The van der Waals surface area contributed by atoms with Gasteiger partial charge in [0.15, 0.2) is 5.76 Å². The van der Waals surface area contributed by atoms with E-state index in [1.807, 2.05) is 43.3 Å². The Labute approximate surface area is 141 Å². The first kappa shape index (κ1) is 14.2. The van der Waals surface area contributed by atoms with Crippen LogP contribution >= 0.6 is 15.9 Å². The van der Waals surface area contributed by atoms with E-state index in [1.165, 1.54) is 5.56 Å². The third-order valence-electron chi connectivity index (χ3n) is 3.79. The molecule has 2 aromatic heterocycles. The van der Waals surface area contributed by atoms with Crippen LogP contribution < -0.4 is 0 Å². The van der Waals surface area contributed by atoms with Crippen molar-refractivity contribution < 1.29 is 8.94 Å². The number of benzene rings is 2. The zero-order chi connectivity index (χ0) is 16.0. The quantitative estimate of drug-likeness (QED) is 0.466. The van der Waals surface area contributed by atoms with Crippen molar-refractivity contribution in [3.63, 3.8) is 0 Å². The molecule has 0 atom stereocenters. The Morgan fingerprint density at radius 1 is 1.04 bits per heavy atom. The lowest BCUT2D eigenvalue weighted by molar-refractivity contribution is 0.430. The SMILES string of the molecule is Cc1ccc2oc(-c3noc(-c4cccc(Br)c4)n3)c(C)c2c1. The first-order valence-electron chi connectivity index (χ1n) is 7.21. The number of nitrogens with zero attached hydrogens (tertiary/aromatic N) is 2. The van der Waals surface area contributed by atoms with Gasteiger partial charge in [0.2, 0.25) is 5.82 Å². The highest BCUT2D eigenvalue weighted by Gasteiger charge is 2.18. The number of aromatic nitrogens is 2. The van der Waals surface area contributed by atoms with Crippen LogP contribution in [0.25, 0.3) is 34.0 Å². The van der Waals surface area contributed by atoms with Crippen molar-refractivity contribution in [2.24, 2.45) is 0 Å². The van der Waals surface area contributed by atoms with Gasteiger partial charge in [-0.1, -0.05) is 38.8 Å². The van der Waals surface area contributed by atoms with Crippen molar-refractivity contribution >= 4 is 26.9 Å². The maximum atomic E-state index is 5.92. The van der Waals surface area contributed by atoms with Crippen molar-refractivity contribution in [3.8, 4) is 23.0 Å². The van der Waals surface area contributed by atoms with E-state index in [-0.39, 0.29) is 0 Å². The van der Waals surface area contributed by atoms with Gasteiger partial charge in [-0.15, -0.1) is 0 Å². The van der Waals surface area contributed by atoms with E-state index in [2.05, 4.69) is 39.1 Å². The lowest BCUT2D eigenvalue weighted by Gasteiger charge is -1.94. The zero-order valence-electron chi connectivity index (χ0n) is 12.6. The number of furan rings is 1. The Kier molecular flexibility index (Phi) is 3.31. The predicted octanol–water partition coefficient (Wildman–Crippen LogP) is 5.53. The second-order valence-electron chi connectivity index (χ2n) is 5.49. The maximum absolute atomic E-state index is 5.92. The Morgan fingerprint density at radius 3 is 2.74 bits per heavy atom. The number of hydrogen-bond acceptors (Lipinski definition) is 4. The van der Waals surface area contributed by atoms with Crippen LogP contribution in [0.5, 0.6) is 0 Å². The molecule has 4 nitrogen and oxygen atoms in total. The third kappa shape index (κ3) is 2.47. The van der Waals surface area contributed by atoms with Crippen LogP contribution in [0.15, 0.2) is 55.9 Å². The molecule has 4 rings (SSSR count). The Hall–Kier alpha value is -2.40. The van der Waals surface area contributed by atoms with Gasteiger partial charge in [0.25, 0.3) is 5.89 Å². The molecule has 0 saturated heterocycles. The van der Waals surface area contributed by atoms with Gasteiger partial charge >= 0.3 is 0 Å². The van der Waals surface area contributed by atoms with Crippen molar-refractivity contribution in [1.29, 1.82) is 0 Å². The number of fused-ring (bicyclic) bond motifs is 1. The average Bonchev–Trinajstić information content (AvgIpc) is 3.13. The minimum atomic E-state index is 0.464. The van der Waals surface area contributed by atoms with Gasteiger partial charge in [0.05, 0.1) is 0 Å². The van der Waals surface area contributed by atoms with E-state index in [4.69, 9.17) is 8.94 Å². The molecular formula is C18H13BrN2O2. The first-order chi connectivity index (χ1) is 11.1. The second-order valence-corrected chi connectivity index (χ2v) is 6.40. The van der Waals surface area contributed by atoms with Gasteiger partial charge in [-0.05, 0) is 44.2 Å². The van der Waals surface area contributed by atoms with Gasteiger partial charge in [0.1, 0.15) is 5.58 Å². The fraction of sp³-hybridized carbons (Fsp3) is 0.111. The van der Waals surface area contributed by atoms with Crippen LogP contribution in [0.3, 0.4) is 0 Å². The van der Waals surface area contributed by atoms with E-state index in [0.717, 1.165) is 26.6 Å². The Morgan fingerprint density at radius 2 is 1.91 bits per heavy atom. The molecule has 0 aliphatic heterocycles. The highest BCUT2D eigenvalue weighted by atomic mass is 79.9. The second kappa shape index (κ2) is 5.35. The van der Waals surface area contributed by atoms with Crippen LogP contribution in [0.2, 0.25) is 0 Å². The van der Waals surface area contributed by atoms with Gasteiger partial charge in [-0.25, -0.2) is 0 Å². The smallest absolute Gasteiger partial charge is 0.258 e. The van der Waals surface area contributed by atoms with Crippen LogP contribution in [0.4, 0.5) is 0 Å². The van der Waals surface area contributed by atoms with E-state index in [9.17, 15) is 0 Å². The maximum Gasteiger partial charge on any atom is 0.258 e. The van der Waals surface area contributed by atoms with Gasteiger partial charge < -0.3 is 8.94 Å². The minimum absolute atomic E-state index is 0.464. The molecule has 5 heteroatoms.